The fourth-order valence-corrected chi connectivity index (χ4v) is 4.94. The second kappa shape index (κ2) is 8.88. The van der Waals surface area contributed by atoms with Gasteiger partial charge in [0.1, 0.15) is 16.5 Å². The van der Waals surface area contributed by atoms with E-state index in [0.29, 0.717) is 17.3 Å². The fourth-order valence-electron chi connectivity index (χ4n) is 3.39. The van der Waals surface area contributed by atoms with Gasteiger partial charge in [0.15, 0.2) is 0 Å². The molecule has 2 aromatic rings. The molecule has 2 aromatic carbocycles. The second-order valence-electron chi connectivity index (χ2n) is 7.04. The maximum absolute atomic E-state index is 13.9. The van der Waals surface area contributed by atoms with Gasteiger partial charge in [-0.25, -0.2) is 17.2 Å². The van der Waals surface area contributed by atoms with Gasteiger partial charge >= 0.3 is 0 Å². The van der Waals surface area contributed by atoms with E-state index < -0.39 is 38.4 Å². The van der Waals surface area contributed by atoms with E-state index in [1.807, 2.05) is 0 Å². The number of nitrogens with one attached hydrogen (secondary N) is 1. The molecule has 0 atom stereocenters. The van der Waals surface area contributed by atoms with Gasteiger partial charge in [0.25, 0.3) is 0 Å². The summed E-state index contributed by atoms with van der Waals surface area (Å²) in [6.45, 7) is -0.00138. The van der Waals surface area contributed by atoms with E-state index >= 15 is 0 Å². The van der Waals surface area contributed by atoms with Gasteiger partial charge < -0.3 is 11.1 Å². The van der Waals surface area contributed by atoms with Crippen LogP contribution in [0.3, 0.4) is 0 Å². The van der Waals surface area contributed by atoms with Crippen LogP contribution >= 0.6 is 0 Å². The summed E-state index contributed by atoms with van der Waals surface area (Å²) in [6.07, 6.45) is 0.423. The highest BCUT2D eigenvalue weighted by atomic mass is 32.2. The maximum Gasteiger partial charge on any atom is 0.246 e. The summed E-state index contributed by atoms with van der Waals surface area (Å²) >= 11 is 0. The van der Waals surface area contributed by atoms with E-state index in [0.717, 1.165) is 16.4 Å². The van der Waals surface area contributed by atoms with E-state index in [-0.39, 0.29) is 38.3 Å². The van der Waals surface area contributed by atoms with E-state index in [1.54, 1.807) is 24.3 Å². The number of amides is 2. The lowest BCUT2D eigenvalue weighted by Gasteiger charge is -2.30. The zero-order chi connectivity index (χ0) is 21.9. The molecule has 0 bridgehead atoms. The summed E-state index contributed by atoms with van der Waals surface area (Å²) in [6, 6.07) is 9.04. The number of carbonyl (C=O) groups excluding carboxylic acids is 2. The van der Waals surface area contributed by atoms with Gasteiger partial charge in [0.2, 0.25) is 21.8 Å². The molecule has 160 valence electrons. The molecule has 0 aliphatic carbocycles. The van der Waals surface area contributed by atoms with Gasteiger partial charge in [-0.15, -0.1) is 0 Å². The molecule has 1 saturated heterocycles. The number of anilines is 1. The summed E-state index contributed by atoms with van der Waals surface area (Å²) in [4.78, 5) is 23.1. The Kier molecular flexibility index (Phi) is 6.47. The summed E-state index contributed by atoms with van der Waals surface area (Å²) in [5.41, 5.74) is 6.28. The molecule has 0 unspecified atom stereocenters. The van der Waals surface area contributed by atoms with Gasteiger partial charge in [0, 0.05) is 24.7 Å². The zero-order valence-electron chi connectivity index (χ0n) is 16.0. The minimum Gasteiger partial charge on any atom is -0.369 e. The van der Waals surface area contributed by atoms with Crippen molar-refractivity contribution < 1.29 is 26.8 Å². The van der Waals surface area contributed by atoms with Crippen LogP contribution in [0.1, 0.15) is 18.4 Å². The van der Waals surface area contributed by atoms with Crippen molar-refractivity contribution in [1.29, 1.82) is 0 Å². The highest BCUT2D eigenvalue weighted by molar-refractivity contribution is 7.89. The number of nitrogens with two attached hydrogens (primary N) is 1. The molecular weight excluding hydrogens is 416 g/mol. The Morgan fingerprint density at radius 3 is 2.43 bits per heavy atom. The highest BCUT2D eigenvalue weighted by Crippen LogP contribution is 2.27. The zero-order valence-corrected chi connectivity index (χ0v) is 16.8. The van der Waals surface area contributed by atoms with Crippen molar-refractivity contribution in [2.24, 2.45) is 11.7 Å². The molecule has 0 spiro atoms. The molecule has 7 nitrogen and oxygen atoms in total. The predicted molar refractivity (Wildman–Crippen MR) is 106 cm³/mol. The molecule has 1 aliphatic rings. The largest absolute Gasteiger partial charge is 0.369 e. The number of para-hydroxylation sites is 1. The van der Waals surface area contributed by atoms with Crippen LogP contribution < -0.4 is 11.1 Å². The number of primary amides is 1. The van der Waals surface area contributed by atoms with Crippen LogP contribution in [-0.2, 0) is 26.0 Å². The third-order valence-corrected chi connectivity index (χ3v) is 6.89. The third-order valence-electron chi connectivity index (χ3n) is 4.98. The van der Waals surface area contributed by atoms with E-state index in [2.05, 4.69) is 5.32 Å². The summed E-state index contributed by atoms with van der Waals surface area (Å²) in [5.74, 6) is -3.17. The lowest BCUT2D eigenvalue weighted by atomic mass is 9.97. The Labute approximate surface area is 172 Å². The topological polar surface area (TPSA) is 110 Å². The number of hydrogen-bond acceptors (Lipinski definition) is 4. The van der Waals surface area contributed by atoms with Crippen LogP contribution in [0.25, 0.3) is 0 Å². The lowest BCUT2D eigenvalue weighted by molar-refractivity contribution is -0.121. The normalized spacial score (nSPS) is 15.7. The molecule has 10 heteroatoms. The number of piperidine rings is 1. The SMILES string of the molecule is NC(=O)Cc1ccccc1NC(=O)C1CCN(S(=O)(=O)c2cc(F)ccc2F)CC1. The number of hydrogen-bond donors (Lipinski definition) is 2. The summed E-state index contributed by atoms with van der Waals surface area (Å²) in [5, 5.41) is 2.76. The number of sulfonamides is 1. The second-order valence-corrected chi connectivity index (χ2v) is 8.95. The first-order chi connectivity index (χ1) is 14.2. The van der Waals surface area contributed by atoms with Gasteiger partial charge in [-0.1, -0.05) is 18.2 Å². The molecule has 3 rings (SSSR count). The first-order valence-corrected chi connectivity index (χ1v) is 10.7. The van der Waals surface area contributed by atoms with Crippen molar-refractivity contribution >= 4 is 27.5 Å². The average Bonchev–Trinajstić information content (AvgIpc) is 2.71. The first-order valence-electron chi connectivity index (χ1n) is 9.31. The number of rotatable bonds is 6. The van der Waals surface area contributed by atoms with Gasteiger partial charge in [-0.05, 0) is 42.7 Å². The third kappa shape index (κ3) is 4.82. The monoisotopic (exact) mass is 437 g/mol. The summed E-state index contributed by atoms with van der Waals surface area (Å²) in [7, 11) is -4.21. The van der Waals surface area contributed by atoms with Crippen molar-refractivity contribution in [2.45, 2.75) is 24.2 Å². The van der Waals surface area contributed by atoms with Gasteiger partial charge in [0.05, 0.1) is 6.42 Å². The van der Waals surface area contributed by atoms with Gasteiger partial charge in [-0.2, -0.15) is 4.31 Å². The molecule has 0 saturated carbocycles. The van der Waals surface area contributed by atoms with Crippen molar-refractivity contribution in [3.63, 3.8) is 0 Å². The smallest absolute Gasteiger partial charge is 0.246 e. The number of nitrogens with zero attached hydrogens (tertiary/aromatic N) is 1. The van der Waals surface area contributed by atoms with Crippen molar-refractivity contribution in [1.82, 2.24) is 4.31 Å². The predicted octanol–water partition coefficient (Wildman–Crippen LogP) is 2.03. The molecule has 2 amide bonds. The molecule has 1 aliphatic heterocycles. The average molecular weight is 437 g/mol. The highest BCUT2D eigenvalue weighted by Gasteiger charge is 2.34. The lowest BCUT2D eigenvalue weighted by Crippen LogP contribution is -2.41. The molecule has 3 N–H and O–H groups in total. The molecule has 30 heavy (non-hydrogen) atoms. The van der Waals surface area contributed by atoms with Gasteiger partial charge in [-0.3, -0.25) is 9.59 Å². The van der Waals surface area contributed by atoms with Crippen LogP contribution in [0.5, 0.6) is 0 Å². The fraction of sp³-hybridized carbons (Fsp3) is 0.300. The van der Waals surface area contributed by atoms with Crippen LogP contribution in [0.4, 0.5) is 14.5 Å². The quantitative estimate of drug-likeness (QED) is 0.721. The van der Waals surface area contributed by atoms with E-state index in [4.69, 9.17) is 5.73 Å². The summed E-state index contributed by atoms with van der Waals surface area (Å²) < 4.78 is 53.7. The van der Waals surface area contributed by atoms with Crippen molar-refractivity contribution in [2.75, 3.05) is 18.4 Å². The Bertz CT molecular complexity index is 1070. The molecule has 1 heterocycles. The van der Waals surface area contributed by atoms with Crippen LogP contribution in [0, 0.1) is 17.6 Å². The van der Waals surface area contributed by atoms with Crippen LogP contribution in [-0.4, -0.2) is 37.6 Å². The molecule has 0 radical (unpaired) electrons. The van der Waals surface area contributed by atoms with E-state index in [1.165, 1.54) is 0 Å². The Balaban J connectivity index is 1.66. The number of benzene rings is 2. The number of halogens is 2. The number of carbonyl (C=O) groups is 2. The molecule has 1 fully saturated rings. The molecular formula is C20H21F2N3O4S. The minimum absolute atomic E-state index is 0.000688. The Morgan fingerprint density at radius 1 is 1.10 bits per heavy atom. The van der Waals surface area contributed by atoms with Crippen LogP contribution in [0.2, 0.25) is 0 Å². The standard InChI is InChI=1S/C20H21F2N3O4S/c21-15-5-6-16(22)18(12-15)30(28,29)25-9-7-13(8-10-25)20(27)24-17-4-2-1-3-14(17)11-19(23)26/h1-6,12-13H,7-11H2,(H2,23,26)(H,24,27). The minimum atomic E-state index is -4.21. The van der Waals surface area contributed by atoms with E-state index in [9.17, 15) is 26.8 Å². The molecule has 0 aromatic heterocycles. The van der Waals surface area contributed by atoms with Crippen molar-refractivity contribution in [3.8, 4) is 0 Å². The first kappa shape index (κ1) is 21.8. The maximum atomic E-state index is 13.9. The van der Waals surface area contributed by atoms with Crippen LogP contribution in [0.15, 0.2) is 47.4 Å². The Morgan fingerprint density at radius 2 is 1.77 bits per heavy atom. The Hall–Kier alpha value is -2.85. The van der Waals surface area contributed by atoms with Crippen molar-refractivity contribution in [3.05, 3.63) is 59.7 Å².